The Hall–Kier alpha value is -2.14. The lowest BCUT2D eigenvalue weighted by Gasteiger charge is -2.10. The van der Waals surface area contributed by atoms with E-state index in [-0.39, 0.29) is 21.9 Å². The first-order valence-electron chi connectivity index (χ1n) is 5.64. The number of aromatic hydroxyl groups is 1. The SMILES string of the molecule is Cc1ccc(F)c(NC(=O)c2cc(Cl)ccc2O)c1F. The number of nitrogens with one attached hydrogen (secondary N) is 1. The maximum Gasteiger partial charge on any atom is 0.259 e. The predicted molar refractivity (Wildman–Crippen MR) is 72.2 cm³/mol. The van der Waals surface area contributed by atoms with E-state index in [1.807, 2.05) is 0 Å². The van der Waals surface area contributed by atoms with Crippen molar-refractivity contribution in [1.29, 1.82) is 0 Å². The van der Waals surface area contributed by atoms with Crippen LogP contribution < -0.4 is 5.32 Å². The van der Waals surface area contributed by atoms with Gasteiger partial charge >= 0.3 is 0 Å². The van der Waals surface area contributed by atoms with E-state index in [1.165, 1.54) is 31.2 Å². The Kier molecular flexibility index (Phi) is 3.90. The van der Waals surface area contributed by atoms with E-state index in [2.05, 4.69) is 5.32 Å². The molecule has 6 heteroatoms. The molecule has 2 aromatic rings. The third kappa shape index (κ3) is 2.72. The molecule has 0 fully saturated rings. The Balaban J connectivity index is 2.38. The first kappa shape index (κ1) is 14.3. The van der Waals surface area contributed by atoms with Gasteiger partial charge in [0.1, 0.15) is 17.3 Å². The summed E-state index contributed by atoms with van der Waals surface area (Å²) in [5.41, 5.74) is -0.538. The third-order valence-electron chi connectivity index (χ3n) is 2.73. The summed E-state index contributed by atoms with van der Waals surface area (Å²) < 4.78 is 27.3. The van der Waals surface area contributed by atoms with Crippen LogP contribution in [0.3, 0.4) is 0 Å². The Morgan fingerprint density at radius 3 is 2.65 bits per heavy atom. The van der Waals surface area contributed by atoms with Crippen molar-refractivity contribution in [2.45, 2.75) is 6.92 Å². The van der Waals surface area contributed by atoms with Crippen molar-refractivity contribution in [2.75, 3.05) is 5.32 Å². The van der Waals surface area contributed by atoms with Crippen molar-refractivity contribution in [2.24, 2.45) is 0 Å². The molecule has 0 saturated carbocycles. The molecule has 3 nitrogen and oxygen atoms in total. The van der Waals surface area contributed by atoms with Crippen LogP contribution in [0.1, 0.15) is 15.9 Å². The molecule has 0 spiro atoms. The monoisotopic (exact) mass is 297 g/mol. The van der Waals surface area contributed by atoms with Gasteiger partial charge in [0.25, 0.3) is 5.91 Å². The number of carbonyl (C=O) groups is 1. The minimum absolute atomic E-state index is 0.169. The van der Waals surface area contributed by atoms with Gasteiger partial charge in [-0.25, -0.2) is 8.78 Å². The molecule has 0 aliphatic carbocycles. The fourth-order valence-electron chi connectivity index (χ4n) is 1.64. The van der Waals surface area contributed by atoms with Crippen LogP contribution in [-0.4, -0.2) is 11.0 Å². The minimum Gasteiger partial charge on any atom is -0.507 e. The average Bonchev–Trinajstić information content (AvgIpc) is 2.41. The largest absolute Gasteiger partial charge is 0.507 e. The molecule has 2 N–H and O–H groups in total. The Bertz CT molecular complexity index is 689. The molecule has 0 aliphatic rings. The van der Waals surface area contributed by atoms with Gasteiger partial charge in [0.2, 0.25) is 0 Å². The lowest BCUT2D eigenvalue weighted by atomic mass is 10.1. The zero-order valence-electron chi connectivity index (χ0n) is 10.4. The molecule has 1 amide bonds. The lowest BCUT2D eigenvalue weighted by molar-refractivity contribution is 0.102. The van der Waals surface area contributed by atoms with E-state index in [4.69, 9.17) is 11.6 Å². The van der Waals surface area contributed by atoms with Gasteiger partial charge in [-0.1, -0.05) is 17.7 Å². The van der Waals surface area contributed by atoms with E-state index in [9.17, 15) is 18.7 Å². The van der Waals surface area contributed by atoms with Crippen LogP contribution in [0, 0.1) is 18.6 Å². The van der Waals surface area contributed by atoms with E-state index < -0.39 is 23.2 Å². The summed E-state index contributed by atoms with van der Waals surface area (Å²) in [7, 11) is 0. The fourth-order valence-corrected chi connectivity index (χ4v) is 1.81. The first-order valence-corrected chi connectivity index (χ1v) is 6.02. The fraction of sp³-hybridized carbons (Fsp3) is 0.0714. The molecule has 0 aliphatic heterocycles. The molecular formula is C14H10ClF2NO2. The number of aryl methyl sites for hydroxylation is 1. The summed E-state index contributed by atoms with van der Waals surface area (Å²) >= 11 is 5.71. The van der Waals surface area contributed by atoms with Crippen molar-refractivity contribution in [3.8, 4) is 5.75 Å². The number of anilines is 1. The van der Waals surface area contributed by atoms with Crippen molar-refractivity contribution in [3.05, 3.63) is 58.1 Å². The zero-order valence-corrected chi connectivity index (χ0v) is 11.1. The Morgan fingerprint density at radius 1 is 1.25 bits per heavy atom. The van der Waals surface area contributed by atoms with Crippen molar-refractivity contribution < 1.29 is 18.7 Å². The number of phenolic OH excluding ortho intramolecular Hbond substituents is 1. The van der Waals surface area contributed by atoms with E-state index in [1.54, 1.807) is 0 Å². The van der Waals surface area contributed by atoms with Crippen molar-refractivity contribution in [3.63, 3.8) is 0 Å². The van der Waals surface area contributed by atoms with Crippen LogP contribution >= 0.6 is 11.6 Å². The topological polar surface area (TPSA) is 49.3 Å². The number of phenols is 1. The smallest absolute Gasteiger partial charge is 0.259 e. The van der Waals surface area contributed by atoms with Crippen molar-refractivity contribution >= 4 is 23.2 Å². The molecule has 2 aromatic carbocycles. The number of hydrogen-bond acceptors (Lipinski definition) is 2. The van der Waals surface area contributed by atoms with Gasteiger partial charge in [-0.05, 0) is 36.8 Å². The number of rotatable bonds is 2. The molecule has 0 aromatic heterocycles. The third-order valence-corrected chi connectivity index (χ3v) is 2.96. The number of hydrogen-bond donors (Lipinski definition) is 2. The second-order valence-electron chi connectivity index (χ2n) is 4.17. The molecule has 0 atom stereocenters. The summed E-state index contributed by atoms with van der Waals surface area (Å²) in [6.07, 6.45) is 0. The quantitative estimate of drug-likeness (QED) is 0.883. The predicted octanol–water partition coefficient (Wildman–Crippen LogP) is 3.88. The molecular weight excluding hydrogens is 288 g/mol. The van der Waals surface area contributed by atoms with Gasteiger partial charge < -0.3 is 10.4 Å². The van der Waals surface area contributed by atoms with E-state index >= 15 is 0 Å². The summed E-state index contributed by atoms with van der Waals surface area (Å²) in [6.45, 7) is 1.45. The van der Waals surface area contributed by atoms with Crippen LogP contribution in [0.15, 0.2) is 30.3 Å². The number of halogens is 3. The summed E-state index contributed by atoms with van der Waals surface area (Å²) in [6, 6.07) is 6.13. The van der Waals surface area contributed by atoms with Gasteiger partial charge in [-0.15, -0.1) is 0 Å². The van der Waals surface area contributed by atoms with Crippen LogP contribution in [0.25, 0.3) is 0 Å². The van der Waals surface area contributed by atoms with Gasteiger partial charge in [0.15, 0.2) is 5.82 Å². The number of amides is 1. The van der Waals surface area contributed by atoms with Crippen LogP contribution in [0.5, 0.6) is 5.75 Å². The second kappa shape index (κ2) is 5.46. The maximum atomic E-state index is 13.8. The molecule has 0 saturated heterocycles. The summed E-state index contributed by atoms with van der Waals surface area (Å²) in [4.78, 5) is 11.9. The van der Waals surface area contributed by atoms with Gasteiger partial charge in [0, 0.05) is 5.02 Å². The highest BCUT2D eigenvalue weighted by Gasteiger charge is 2.17. The average molecular weight is 298 g/mol. The van der Waals surface area contributed by atoms with Gasteiger partial charge in [-0.2, -0.15) is 0 Å². The molecule has 104 valence electrons. The lowest BCUT2D eigenvalue weighted by Crippen LogP contribution is -2.15. The van der Waals surface area contributed by atoms with Crippen LogP contribution in [0.4, 0.5) is 14.5 Å². The Labute approximate surface area is 118 Å². The first-order chi connectivity index (χ1) is 9.40. The Morgan fingerprint density at radius 2 is 1.95 bits per heavy atom. The van der Waals surface area contributed by atoms with E-state index in [0.717, 1.165) is 6.07 Å². The highest BCUT2D eigenvalue weighted by Crippen LogP contribution is 2.25. The number of benzene rings is 2. The van der Waals surface area contributed by atoms with E-state index in [0.29, 0.717) is 0 Å². The maximum absolute atomic E-state index is 13.8. The summed E-state index contributed by atoms with van der Waals surface area (Å²) in [5, 5.41) is 11.9. The molecule has 0 heterocycles. The normalized spacial score (nSPS) is 10.4. The zero-order chi connectivity index (χ0) is 14.9. The minimum atomic E-state index is -0.900. The van der Waals surface area contributed by atoms with Crippen molar-refractivity contribution in [1.82, 2.24) is 0 Å². The summed E-state index contributed by atoms with van der Waals surface area (Å²) in [5.74, 6) is -2.95. The molecule has 0 bridgehead atoms. The molecule has 20 heavy (non-hydrogen) atoms. The standard InChI is InChI=1S/C14H10ClF2NO2/c1-7-2-4-10(16)13(12(7)17)18-14(20)9-6-8(15)3-5-11(9)19/h2-6,19H,1H3,(H,18,20). The van der Waals surface area contributed by atoms with Crippen LogP contribution in [0.2, 0.25) is 5.02 Å². The van der Waals surface area contributed by atoms with Gasteiger partial charge in [0.05, 0.1) is 5.56 Å². The molecule has 2 rings (SSSR count). The highest BCUT2D eigenvalue weighted by molar-refractivity contribution is 6.31. The molecule has 0 radical (unpaired) electrons. The van der Waals surface area contributed by atoms with Gasteiger partial charge in [-0.3, -0.25) is 4.79 Å². The highest BCUT2D eigenvalue weighted by atomic mass is 35.5. The number of carbonyl (C=O) groups excluding carboxylic acids is 1. The molecule has 0 unspecified atom stereocenters. The second-order valence-corrected chi connectivity index (χ2v) is 4.61. The van der Waals surface area contributed by atoms with Crippen LogP contribution in [-0.2, 0) is 0 Å².